The molecule has 0 spiro atoms. The topological polar surface area (TPSA) is 29.9 Å². The number of para-hydroxylation sites is 1. The number of aromatic nitrogens is 2. The largest absolute Gasteiger partial charge is 0.343 e. The molecular formula is C22H20FN3. The van der Waals surface area contributed by atoms with E-state index < -0.39 is 0 Å². The highest BCUT2D eigenvalue weighted by molar-refractivity contribution is 5.84. The fourth-order valence-electron chi connectivity index (χ4n) is 3.21. The van der Waals surface area contributed by atoms with Crippen molar-refractivity contribution >= 4 is 10.9 Å². The van der Waals surface area contributed by atoms with Gasteiger partial charge in [0.1, 0.15) is 5.82 Å². The van der Waals surface area contributed by atoms with Crippen LogP contribution in [0.4, 0.5) is 4.39 Å². The molecule has 0 saturated carbocycles. The molecule has 0 atom stereocenters. The van der Waals surface area contributed by atoms with E-state index in [1.165, 1.54) is 28.6 Å². The van der Waals surface area contributed by atoms with E-state index in [1.54, 1.807) is 0 Å². The van der Waals surface area contributed by atoms with Crippen LogP contribution < -0.4 is 5.32 Å². The van der Waals surface area contributed by atoms with Crippen LogP contribution in [0.2, 0.25) is 0 Å². The van der Waals surface area contributed by atoms with Crippen molar-refractivity contribution in [3.8, 4) is 0 Å². The molecule has 130 valence electrons. The molecule has 0 saturated heterocycles. The lowest BCUT2D eigenvalue weighted by molar-refractivity contribution is 0.626. The van der Waals surface area contributed by atoms with E-state index >= 15 is 0 Å². The van der Waals surface area contributed by atoms with Gasteiger partial charge in [0.15, 0.2) is 0 Å². The third-order valence-corrected chi connectivity index (χ3v) is 4.48. The van der Waals surface area contributed by atoms with Crippen LogP contribution in [-0.4, -0.2) is 9.55 Å². The normalized spacial score (nSPS) is 11.1. The quantitative estimate of drug-likeness (QED) is 0.557. The molecular weight excluding hydrogens is 325 g/mol. The maximum absolute atomic E-state index is 13.1. The molecule has 3 nitrogen and oxygen atoms in total. The van der Waals surface area contributed by atoms with Crippen molar-refractivity contribution in [2.24, 2.45) is 0 Å². The minimum atomic E-state index is -0.203. The van der Waals surface area contributed by atoms with Crippen molar-refractivity contribution in [2.75, 3.05) is 0 Å². The number of pyridine rings is 1. The highest BCUT2D eigenvalue weighted by atomic mass is 19.1. The van der Waals surface area contributed by atoms with Crippen LogP contribution in [-0.2, 0) is 19.6 Å². The zero-order valence-electron chi connectivity index (χ0n) is 14.4. The Balaban J connectivity index is 1.54. The maximum Gasteiger partial charge on any atom is 0.123 e. The zero-order chi connectivity index (χ0) is 17.8. The number of hydrogen-bond acceptors (Lipinski definition) is 2. The highest BCUT2D eigenvalue weighted by Crippen LogP contribution is 2.22. The summed E-state index contributed by atoms with van der Waals surface area (Å²) in [7, 11) is 0. The van der Waals surface area contributed by atoms with Gasteiger partial charge in [-0.05, 0) is 41.5 Å². The molecule has 0 fully saturated rings. The molecule has 2 aromatic heterocycles. The van der Waals surface area contributed by atoms with Gasteiger partial charge < -0.3 is 9.88 Å². The van der Waals surface area contributed by atoms with Gasteiger partial charge in [-0.25, -0.2) is 4.39 Å². The van der Waals surface area contributed by atoms with Crippen LogP contribution in [0.5, 0.6) is 0 Å². The molecule has 0 amide bonds. The van der Waals surface area contributed by atoms with E-state index in [0.29, 0.717) is 0 Å². The second kappa shape index (κ2) is 7.50. The van der Waals surface area contributed by atoms with Crippen molar-refractivity contribution < 1.29 is 4.39 Å². The lowest BCUT2D eigenvalue weighted by atomic mass is 10.2. The van der Waals surface area contributed by atoms with Gasteiger partial charge in [0.2, 0.25) is 0 Å². The molecule has 0 aliphatic carbocycles. The van der Waals surface area contributed by atoms with Crippen LogP contribution in [0.3, 0.4) is 0 Å². The summed E-state index contributed by atoms with van der Waals surface area (Å²) in [5, 5.41) is 4.71. The first-order chi connectivity index (χ1) is 12.8. The molecule has 2 aromatic carbocycles. The minimum absolute atomic E-state index is 0.203. The van der Waals surface area contributed by atoms with Gasteiger partial charge in [-0.2, -0.15) is 0 Å². The molecule has 26 heavy (non-hydrogen) atoms. The Kier molecular flexibility index (Phi) is 4.75. The van der Waals surface area contributed by atoms with E-state index in [1.807, 2.05) is 36.5 Å². The lowest BCUT2D eigenvalue weighted by Crippen LogP contribution is -2.13. The molecule has 4 heteroatoms. The Labute approximate surface area is 152 Å². The van der Waals surface area contributed by atoms with Gasteiger partial charge in [-0.1, -0.05) is 36.4 Å². The van der Waals surface area contributed by atoms with Gasteiger partial charge in [0.25, 0.3) is 0 Å². The van der Waals surface area contributed by atoms with Crippen LogP contribution >= 0.6 is 0 Å². The molecule has 2 heterocycles. The summed E-state index contributed by atoms with van der Waals surface area (Å²) in [5.41, 5.74) is 4.55. The molecule has 4 rings (SSSR count). The second-order valence-electron chi connectivity index (χ2n) is 6.35. The number of halogens is 1. The van der Waals surface area contributed by atoms with E-state index in [9.17, 15) is 4.39 Å². The zero-order valence-corrected chi connectivity index (χ0v) is 14.4. The number of nitrogens with one attached hydrogen (secondary N) is 1. The summed E-state index contributed by atoms with van der Waals surface area (Å²) in [6, 6.07) is 21.0. The monoisotopic (exact) mass is 345 g/mol. The van der Waals surface area contributed by atoms with Crippen LogP contribution in [0.1, 0.15) is 16.8 Å². The van der Waals surface area contributed by atoms with E-state index in [-0.39, 0.29) is 5.82 Å². The van der Waals surface area contributed by atoms with Crippen molar-refractivity contribution in [3.05, 3.63) is 102 Å². The van der Waals surface area contributed by atoms with Crippen LogP contribution in [0, 0.1) is 5.82 Å². The van der Waals surface area contributed by atoms with Crippen LogP contribution in [0.15, 0.2) is 79.1 Å². The predicted molar refractivity (Wildman–Crippen MR) is 102 cm³/mol. The summed E-state index contributed by atoms with van der Waals surface area (Å²) < 4.78 is 15.4. The van der Waals surface area contributed by atoms with Gasteiger partial charge in [0.05, 0.1) is 5.69 Å². The third kappa shape index (κ3) is 3.65. The third-order valence-electron chi connectivity index (χ3n) is 4.48. The molecule has 0 bridgehead atoms. The van der Waals surface area contributed by atoms with Crippen molar-refractivity contribution in [3.63, 3.8) is 0 Å². The molecule has 1 N–H and O–H groups in total. The minimum Gasteiger partial charge on any atom is -0.343 e. The molecule has 0 aliphatic rings. The number of hydrogen-bond donors (Lipinski definition) is 1. The summed E-state index contributed by atoms with van der Waals surface area (Å²) in [6.07, 6.45) is 3.99. The first kappa shape index (κ1) is 16.5. The molecule has 0 aliphatic heterocycles. The van der Waals surface area contributed by atoms with Gasteiger partial charge in [-0.15, -0.1) is 0 Å². The summed E-state index contributed by atoms with van der Waals surface area (Å²) in [6.45, 7) is 2.23. The number of benzene rings is 2. The standard InChI is InChI=1S/C22H20FN3/c23-19-10-8-17(9-11-19)15-26-16-18(21-6-1-2-7-22(21)26)13-24-14-20-5-3-4-12-25-20/h1-12,16,24H,13-15H2. The van der Waals surface area contributed by atoms with Gasteiger partial charge in [0, 0.05) is 42.9 Å². The Bertz CT molecular complexity index is 991. The number of fused-ring (bicyclic) bond motifs is 1. The average molecular weight is 345 g/mol. The summed E-state index contributed by atoms with van der Waals surface area (Å²) >= 11 is 0. The molecule has 4 aromatic rings. The maximum atomic E-state index is 13.1. The first-order valence-electron chi connectivity index (χ1n) is 8.71. The predicted octanol–water partition coefficient (Wildman–Crippen LogP) is 4.51. The molecule has 0 radical (unpaired) electrons. The lowest BCUT2D eigenvalue weighted by Gasteiger charge is -2.05. The number of nitrogens with zero attached hydrogens (tertiary/aromatic N) is 2. The van der Waals surface area contributed by atoms with E-state index in [4.69, 9.17) is 0 Å². The summed E-state index contributed by atoms with van der Waals surface area (Å²) in [4.78, 5) is 4.34. The molecule has 0 unspecified atom stereocenters. The second-order valence-corrected chi connectivity index (χ2v) is 6.35. The van der Waals surface area contributed by atoms with Gasteiger partial charge in [-0.3, -0.25) is 4.98 Å². The summed E-state index contributed by atoms with van der Waals surface area (Å²) in [5.74, 6) is -0.203. The first-order valence-corrected chi connectivity index (χ1v) is 8.71. The van der Waals surface area contributed by atoms with Crippen molar-refractivity contribution in [1.29, 1.82) is 0 Å². The van der Waals surface area contributed by atoms with E-state index in [0.717, 1.165) is 30.9 Å². The Morgan fingerprint density at radius 1 is 0.885 bits per heavy atom. The van der Waals surface area contributed by atoms with Gasteiger partial charge >= 0.3 is 0 Å². The Morgan fingerprint density at radius 3 is 2.50 bits per heavy atom. The SMILES string of the molecule is Fc1ccc(Cn2cc(CNCc3ccccn3)c3ccccc32)cc1. The average Bonchev–Trinajstić information content (AvgIpc) is 3.02. The Hall–Kier alpha value is -2.98. The smallest absolute Gasteiger partial charge is 0.123 e. The van der Waals surface area contributed by atoms with Crippen LogP contribution in [0.25, 0.3) is 10.9 Å². The highest BCUT2D eigenvalue weighted by Gasteiger charge is 2.08. The van der Waals surface area contributed by atoms with Crippen molar-refractivity contribution in [2.45, 2.75) is 19.6 Å². The Morgan fingerprint density at radius 2 is 1.69 bits per heavy atom. The van der Waals surface area contributed by atoms with Crippen molar-refractivity contribution in [1.82, 2.24) is 14.9 Å². The van der Waals surface area contributed by atoms with E-state index in [2.05, 4.69) is 45.3 Å². The fourth-order valence-corrected chi connectivity index (χ4v) is 3.21. The fraction of sp³-hybridized carbons (Fsp3) is 0.136. The number of rotatable bonds is 6.